The Hall–Kier alpha value is -1.37. The van der Waals surface area contributed by atoms with Crippen molar-refractivity contribution in [3.05, 3.63) is 24.3 Å². The number of hydrogen-bond acceptors (Lipinski definition) is 4. The van der Waals surface area contributed by atoms with Gasteiger partial charge < -0.3 is 10.1 Å². The second-order valence-corrected chi connectivity index (χ2v) is 7.22. The maximum Gasteiger partial charge on any atom is 0.387 e. The molecule has 0 saturated heterocycles. The van der Waals surface area contributed by atoms with Crippen molar-refractivity contribution in [2.45, 2.75) is 37.2 Å². The lowest BCUT2D eigenvalue weighted by Gasteiger charge is -2.21. The third-order valence-corrected chi connectivity index (χ3v) is 5.08. The molecule has 0 radical (unpaired) electrons. The summed E-state index contributed by atoms with van der Waals surface area (Å²) in [7, 11) is -3.11. The van der Waals surface area contributed by atoms with Crippen LogP contribution in [0.3, 0.4) is 0 Å². The standard InChI is InChI=1S/C13H17F2NO3S/c1-20(17,18)12-7-3-6-11(12)16-9-4-2-5-10(8-9)19-13(14)15/h2,4-5,8,11-13,16H,3,6-7H2,1H3. The van der Waals surface area contributed by atoms with Gasteiger partial charge in [-0.15, -0.1) is 0 Å². The quantitative estimate of drug-likeness (QED) is 0.908. The first-order valence-corrected chi connectivity index (χ1v) is 8.32. The number of ether oxygens (including phenoxy) is 1. The summed E-state index contributed by atoms with van der Waals surface area (Å²) in [5, 5.41) is 2.68. The van der Waals surface area contributed by atoms with Crippen LogP contribution in [-0.4, -0.2) is 32.6 Å². The molecule has 2 atom stereocenters. The molecule has 1 saturated carbocycles. The molecule has 0 spiro atoms. The van der Waals surface area contributed by atoms with Gasteiger partial charge in [0.15, 0.2) is 9.84 Å². The number of hydrogen-bond donors (Lipinski definition) is 1. The van der Waals surface area contributed by atoms with Crippen LogP contribution in [0.1, 0.15) is 19.3 Å². The molecule has 112 valence electrons. The molecule has 1 fully saturated rings. The Morgan fingerprint density at radius 3 is 2.75 bits per heavy atom. The van der Waals surface area contributed by atoms with Crippen molar-refractivity contribution >= 4 is 15.5 Å². The maximum atomic E-state index is 12.2. The predicted molar refractivity (Wildman–Crippen MR) is 73.0 cm³/mol. The molecule has 1 aromatic carbocycles. The summed E-state index contributed by atoms with van der Waals surface area (Å²) in [5.41, 5.74) is 0.587. The fourth-order valence-electron chi connectivity index (χ4n) is 2.58. The molecule has 2 rings (SSSR count). The lowest BCUT2D eigenvalue weighted by Crippen LogP contribution is -2.34. The average molecular weight is 305 g/mol. The fourth-order valence-corrected chi connectivity index (χ4v) is 3.98. The van der Waals surface area contributed by atoms with E-state index in [1.165, 1.54) is 18.4 Å². The number of nitrogens with one attached hydrogen (secondary N) is 1. The number of alkyl halides is 2. The van der Waals surface area contributed by atoms with Crippen LogP contribution in [-0.2, 0) is 9.84 Å². The van der Waals surface area contributed by atoms with Crippen molar-refractivity contribution in [3.63, 3.8) is 0 Å². The van der Waals surface area contributed by atoms with Gasteiger partial charge >= 0.3 is 6.61 Å². The Morgan fingerprint density at radius 1 is 1.35 bits per heavy atom. The topological polar surface area (TPSA) is 55.4 Å². The van der Waals surface area contributed by atoms with Crippen molar-refractivity contribution in [2.75, 3.05) is 11.6 Å². The summed E-state index contributed by atoms with van der Waals surface area (Å²) >= 11 is 0. The van der Waals surface area contributed by atoms with Crippen molar-refractivity contribution in [1.82, 2.24) is 0 Å². The Labute approximate surface area is 117 Å². The molecule has 4 nitrogen and oxygen atoms in total. The van der Waals surface area contributed by atoms with Crippen LogP contribution in [0.25, 0.3) is 0 Å². The van der Waals surface area contributed by atoms with Gasteiger partial charge in [0, 0.05) is 24.1 Å². The monoisotopic (exact) mass is 305 g/mol. The Kier molecular flexibility index (Phi) is 4.47. The van der Waals surface area contributed by atoms with Gasteiger partial charge in [0.05, 0.1) is 5.25 Å². The molecule has 1 aromatic rings. The van der Waals surface area contributed by atoms with Gasteiger partial charge in [0.1, 0.15) is 5.75 Å². The number of rotatable bonds is 5. The summed E-state index contributed by atoms with van der Waals surface area (Å²) in [4.78, 5) is 0. The summed E-state index contributed by atoms with van der Waals surface area (Å²) in [5.74, 6) is 0.0545. The van der Waals surface area contributed by atoms with Crippen LogP contribution in [0.2, 0.25) is 0 Å². The van der Waals surface area contributed by atoms with Gasteiger partial charge in [-0.25, -0.2) is 8.42 Å². The summed E-state index contributed by atoms with van der Waals surface area (Å²) in [6.07, 6.45) is 3.44. The molecular weight excluding hydrogens is 288 g/mol. The van der Waals surface area contributed by atoms with E-state index in [4.69, 9.17) is 0 Å². The van der Waals surface area contributed by atoms with Gasteiger partial charge in [0.25, 0.3) is 0 Å². The number of halogens is 2. The Balaban J connectivity index is 2.10. The normalized spacial score (nSPS) is 23.0. The van der Waals surface area contributed by atoms with Crippen LogP contribution >= 0.6 is 0 Å². The van der Waals surface area contributed by atoms with E-state index >= 15 is 0 Å². The van der Waals surface area contributed by atoms with Gasteiger partial charge in [-0.2, -0.15) is 8.78 Å². The highest BCUT2D eigenvalue weighted by Gasteiger charge is 2.34. The molecule has 2 unspecified atom stereocenters. The molecule has 20 heavy (non-hydrogen) atoms. The highest BCUT2D eigenvalue weighted by Crippen LogP contribution is 2.29. The molecule has 1 N–H and O–H groups in total. The van der Waals surface area contributed by atoms with Crippen LogP contribution in [0.5, 0.6) is 5.75 Å². The molecular formula is C13H17F2NO3S. The first-order chi connectivity index (χ1) is 9.36. The van der Waals surface area contributed by atoms with Gasteiger partial charge in [-0.1, -0.05) is 6.07 Å². The average Bonchev–Trinajstić information content (AvgIpc) is 2.76. The molecule has 0 bridgehead atoms. The summed E-state index contributed by atoms with van der Waals surface area (Å²) in [6, 6.07) is 5.98. The maximum absolute atomic E-state index is 12.2. The number of benzene rings is 1. The summed E-state index contributed by atoms with van der Waals surface area (Å²) < 4.78 is 52.0. The van der Waals surface area contributed by atoms with E-state index in [1.807, 2.05) is 0 Å². The molecule has 1 aliphatic rings. The molecule has 7 heteroatoms. The zero-order chi connectivity index (χ0) is 14.8. The third kappa shape index (κ3) is 3.82. The van der Waals surface area contributed by atoms with Crippen LogP contribution < -0.4 is 10.1 Å². The lowest BCUT2D eigenvalue weighted by molar-refractivity contribution is -0.0498. The van der Waals surface area contributed by atoms with Crippen LogP contribution in [0.4, 0.5) is 14.5 Å². The first kappa shape index (κ1) is 15.0. The third-order valence-electron chi connectivity index (χ3n) is 3.41. The molecule has 0 aromatic heterocycles. The smallest absolute Gasteiger partial charge is 0.387 e. The zero-order valence-corrected chi connectivity index (χ0v) is 11.9. The van der Waals surface area contributed by atoms with Crippen molar-refractivity contribution in [1.29, 1.82) is 0 Å². The van der Waals surface area contributed by atoms with E-state index in [0.717, 1.165) is 12.8 Å². The van der Waals surface area contributed by atoms with Crippen LogP contribution in [0, 0.1) is 0 Å². The predicted octanol–water partition coefficient (Wildman–Crippen LogP) is 2.67. The van der Waals surface area contributed by atoms with E-state index in [-0.39, 0.29) is 11.8 Å². The van der Waals surface area contributed by atoms with E-state index in [9.17, 15) is 17.2 Å². The minimum Gasteiger partial charge on any atom is -0.435 e. The molecule has 0 aliphatic heterocycles. The van der Waals surface area contributed by atoms with E-state index in [2.05, 4.69) is 10.1 Å². The summed E-state index contributed by atoms with van der Waals surface area (Å²) in [6.45, 7) is -2.87. The van der Waals surface area contributed by atoms with Gasteiger partial charge in [0.2, 0.25) is 0 Å². The van der Waals surface area contributed by atoms with Crippen LogP contribution in [0.15, 0.2) is 24.3 Å². The van der Waals surface area contributed by atoms with Gasteiger partial charge in [-0.3, -0.25) is 0 Å². The number of sulfone groups is 1. The second kappa shape index (κ2) is 5.95. The second-order valence-electron chi connectivity index (χ2n) is 4.96. The molecule has 0 amide bonds. The first-order valence-electron chi connectivity index (χ1n) is 6.36. The van der Waals surface area contributed by atoms with Crippen molar-refractivity contribution in [3.8, 4) is 5.75 Å². The lowest BCUT2D eigenvalue weighted by atomic mass is 10.2. The van der Waals surface area contributed by atoms with E-state index < -0.39 is 21.7 Å². The van der Waals surface area contributed by atoms with E-state index in [0.29, 0.717) is 12.1 Å². The zero-order valence-electron chi connectivity index (χ0n) is 11.1. The van der Waals surface area contributed by atoms with Crippen molar-refractivity contribution < 1.29 is 21.9 Å². The largest absolute Gasteiger partial charge is 0.435 e. The van der Waals surface area contributed by atoms with Crippen molar-refractivity contribution in [2.24, 2.45) is 0 Å². The van der Waals surface area contributed by atoms with Gasteiger partial charge in [-0.05, 0) is 31.4 Å². The Bertz CT molecular complexity index is 562. The minimum atomic E-state index is -3.11. The minimum absolute atomic E-state index is 0.0545. The highest BCUT2D eigenvalue weighted by atomic mass is 32.2. The Morgan fingerprint density at radius 2 is 2.10 bits per heavy atom. The molecule has 1 aliphatic carbocycles. The SMILES string of the molecule is CS(=O)(=O)C1CCCC1Nc1cccc(OC(F)F)c1. The fraction of sp³-hybridized carbons (Fsp3) is 0.538. The van der Waals surface area contributed by atoms with E-state index in [1.54, 1.807) is 12.1 Å². The molecule has 0 heterocycles. The highest BCUT2D eigenvalue weighted by molar-refractivity contribution is 7.91. The number of anilines is 1.